The number of phenolic OH excluding ortho intramolecular Hbond substituents is 1. The molecule has 36 heavy (non-hydrogen) atoms. The molecule has 1 unspecified atom stereocenters. The van der Waals surface area contributed by atoms with Gasteiger partial charge in [0.1, 0.15) is 11.5 Å². The molecule has 0 spiro atoms. The summed E-state index contributed by atoms with van der Waals surface area (Å²) >= 11 is 1.97. The Morgan fingerprint density at radius 1 is 0.806 bits per heavy atom. The van der Waals surface area contributed by atoms with Crippen molar-refractivity contribution in [3.8, 4) is 11.5 Å². The van der Waals surface area contributed by atoms with Crippen LogP contribution in [-0.2, 0) is 0 Å². The van der Waals surface area contributed by atoms with E-state index in [0.717, 1.165) is 11.3 Å². The summed E-state index contributed by atoms with van der Waals surface area (Å²) < 4.78 is 6.13. The molecule has 0 bridgehead atoms. The van der Waals surface area contributed by atoms with Crippen molar-refractivity contribution in [3.05, 3.63) is 89.5 Å². The molecule has 2 heterocycles. The largest absolute Gasteiger partial charge is 0.508 e. The molecule has 2 aliphatic rings. The van der Waals surface area contributed by atoms with Crippen molar-refractivity contribution in [1.29, 1.82) is 0 Å². The average Bonchev–Trinajstić information content (AvgIpc) is 3.44. The Bertz CT molecular complexity index is 1080. The van der Waals surface area contributed by atoms with Gasteiger partial charge in [0.2, 0.25) is 0 Å². The summed E-state index contributed by atoms with van der Waals surface area (Å²) in [4.78, 5) is 3.97. The van der Waals surface area contributed by atoms with Gasteiger partial charge in [0.15, 0.2) is 0 Å². The van der Waals surface area contributed by atoms with Gasteiger partial charge in [-0.15, -0.1) is 11.8 Å². The highest BCUT2D eigenvalue weighted by Crippen LogP contribution is 2.47. The maximum Gasteiger partial charge on any atom is 0.123 e. The minimum Gasteiger partial charge on any atom is -0.508 e. The van der Waals surface area contributed by atoms with Gasteiger partial charge in [-0.3, -0.25) is 0 Å². The number of phenols is 1. The molecule has 3 nitrogen and oxygen atoms in total. The minimum atomic E-state index is 0.155. The number of nitrogens with zero attached hydrogens (tertiary/aromatic N) is 1. The Balaban J connectivity index is 1.16. The van der Waals surface area contributed by atoms with Gasteiger partial charge in [-0.05, 0) is 92.5 Å². The average molecular weight is 502 g/mol. The van der Waals surface area contributed by atoms with Gasteiger partial charge in [0.05, 0.1) is 6.61 Å². The van der Waals surface area contributed by atoms with Gasteiger partial charge in [0.25, 0.3) is 0 Å². The molecule has 190 valence electrons. The Morgan fingerprint density at radius 2 is 1.56 bits per heavy atom. The summed E-state index contributed by atoms with van der Waals surface area (Å²) in [5.74, 6) is 2.72. The molecule has 0 aromatic heterocycles. The van der Waals surface area contributed by atoms with Crippen molar-refractivity contribution in [1.82, 2.24) is 4.90 Å². The molecule has 3 aromatic carbocycles. The van der Waals surface area contributed by atoms with Gasteiger partial charge in [-0.2, -0.15) is 0 Å². The van der Waals surface area contributed by atoms with Gasteiger partial charge in [-0.25, -0.2) is 0 Å². The van der Waals surface area contributed by atoms with Gasteiger partial charge < -0.3 is 14.7 Å². The second kappa shape index (κ2) is 12.7. The third-order valence-corrected chi connectivity index (χ3v) is 8.80. The first-order valence-electron chi connectivity index (χ1n) is 13.7. The van der Waals surface area contributed by atoms with E-state index >= 15 is 0 Å². The van der Waals surface area contributed by atoms with E-state index in [1.54, 1.807) is 6.07 Å². The zero-order valence-corrected chi connectivity index (χ0v) is 22.1. The molecule has 5 rings (SSSR count). The van der Waals surface area contributed by atoms with Crippen LogP contribution in [0.15, 0.2) is 77.7 Å². The molecular weight excluding hydrogens is 462 g/mol. The lowest BCUT2D eigenvalue weighted by atomic mass is 9.76. The zero-order chi connectivity index (χ0) is 24.6. The topological polar surface area (TPSA) is 32.7 Å². The van der Waals surface area contributed by atoms with Crippen molar-refractivity contribution in [2.24, 2.45) is 0 Å². The quantitative estimate of drug-likeness (QED) is 0.214. The first-order valence-corrected chi connectivity index (χ1v) is 14.7. The summed E-state index contributed by atoms with van der Waals surface area (Å²) in [6.45, 7) is 4.60. The standard InChI is InChI=1S/C32H39NO2S/c34-27-15-18-31-29(23-27)32(30(24-35-31)25-11-5-4-6-12-25)26-13-16-28(17-14-26)36-22-10-3-1-2-7-19-33-20-8-9-21-33/h4-6,11-18,23,30,32,34H,1-3,7-10,19-22,24H2/t30-,32?/m1/s1. The SMILES string of the molecule is Oc1ccc2c(c1)C(c1ccc(SCCCCCCCN3CCCC3)cc1)[C@@H](c1ccccc1)CO2. The van der Waals surface area contributed by atoms with E-state index in [1.807, 2.05) is 23.9 Å². The first-order chi connectivity index (χ1) is 17.8. The third-order valence-electron chi connectivity index (χ3n) is 7.70. The van der Waals surface area contributed by atoms with Crippen LogP contribution in [0.2, 0.25) is 0 Å². The maximum atomic E-state index is 10.2. The Labute approximate surface area is 220 Å². The Morgan fingerprint density at radius 3 is 2.36 bits per heavy atom. The number of ether oxygens (including phenoxy) is 1. The third kappa shape index (κ3) is 6.46. The summed E-state index contributed by atoms with van der Waals surface area (Å²) in [6, 6.07) is 25.2. The lowest BCUT2D eigenvalue weighted by molar-refractivity contribution is 0.248. The van der Waals surface area contributed by atoms with E-state index in [-0.39, 0.29) is 11.8 Å². The van der Waals surface area contributed by atoms with E-state index in [1.165, 1.54) is 86.4 Å². The number of thioether (sulfide) groups is 1. The fourth-order valence-electron chi connectivity index (χ4n) is 5.74. The van der Waals surface area contributed by atoms with Crippen LogP contribution < -0.4 is 4.74 Å². The summed E-state index contributed by atoms with van der Waals surface area (Å²) in [7, 11) is 0. The highest BCUT2D eigenvalue weighted by molar-refractivity contribution is 7.99. The second-order valence-electron chi connectivity index (χ2n) is 10.3. The molecule has 3 aromatic rings. The second-order valence-corrected chi connectivity index (χ2v) is 11.4. The summed E-state index contributed by atoms with van der Waals surface area (Å²) in [5.41, 5.74) is 3.62. The number of unbranched alkanes of at least 4 members (excludes halogenated alkanes) is 4. The number of fused-ring (bicyclic) bond motifs is 1. The number of benzene rings is 3. The van der Waals surface area contributed by atoms with Crippen molar-refractivity contribution < 1.29 is 9.84 Å². The normalized spacial score (nSPS) is 19.7. The number of hydrogen-bond acceptors (Lipinski definition) is 4. The smallest absolute Gasteiger partial charge is 0.123 e. The van der Waals surface area contributed by atoms with Crippen LogP contribution in [0.1, 0.15) is 73.5 Å². The fourth-order valence-corrected chi connectivity index (χ4v) is 6.65. The number of hydrogen-bond donors (Lipinski definition) is 1. The summed E-state index contributed by atoms with van der Waals surface area (Å²) in [5, 5.41) is 10.2. The highest BCUT2D eigenvalue weighted by Gasteiger charge is 2.33. The van der Waals surface area contributed by atoms with E-state index in [0.29, 0.717) is 12.4 Å². The van der Waals surface area contributed by atoms with Gasteiger partial charge in [-0.1, -0.05) is 61.7 Å². The monoisotopic (exact) mass is 501 g/mol. The lowest BCUT2D eigenvalue weighted by Crippen LogP contribution is -2.25. The number of rotatable bonds is 11. The Hall–Kier alpha value is -2.43. The molecular formula is C32H39NO2S. The van der Waals surface area contributed by atoms with E-state index in [2.05, 4.69) is 59.5 Å². The highest BCUT2D eigenvalue weighted by atomic mass is 32.2. The van der Waals surface area contributed by atoms with E-state index < -0.39 is 0 Å². The van der Waals surface area contributed by atoms with Crippen LogP contribution in [-0.4, -0.2) is 42.0 Å². The van der Waals surface area contributed by atoms with Gasteiger partial charge in [0, 0.05) is 22.3 Å². The van der Waals surface area contributed by atoms with Crippen LogP contribution in [0.4, 0.5) is 0 Å². The molecule has 2 aliphatic heterocycles. The molecule has 1 fully saturated rings. The van der Waals surface area contributed by atoms with Crippen molar-refractivity contribution in [2.75, 3.05) is 32.0 Å². The number of aromatic hydroxyl groups is 1. The zero-order valence-electron chi connectivity index (χ0n) is 21.3. The van der Waals surface area contributed by atoms with E-state index in [9.17, 15) is 5.11 Å². The molecule has 0 aliphatic carbocycles. The maximum absolute atomic E-state index is 10.2. The van der Waals surface area contributed by atoms with Crippen molar-refractivity contribution >= 4 is 11.8 Å². The van der Waals surface area contributed by atoms with Crippen LogP contribution >= 0.6 is 11.8 Å². The first kappa shape index (κ1) is 25.2. The molecule has 1 saturated heterocycles. The van der Waals surface area contributed by atoms with E-state index in [4.69, 9.17) is 4.74 Å². The predicted octanol–water partition coefficient (Wildman–Crippen LogP) is 7.84. The molecule has 0 amide bonds. The molecule has 0 radical (unpaired) electrons. The lowest BCUT2D eigenvalue weighted by Gasteiger charge is -2.34. The molecule has 4 heteroatoms. The summed E-state index contributed by atoms with van der Waals surface area (Å²) in [6.07, 6.45) is 9.54. The fraction of sp³-hybridized carbons (Fsp3) is 0.438. The molecule has 1 N–H and O–H groups in total. The van der Waals surface area contributed by atoms with Crippen LogP contribution in [0.3, 0.4) is 0 Å². The van der Waals surface area contributed by atoms with Crippen LogP contribution in [0.25, 0.3) is 0 Å². The van der Waals surface area contributed by atoms with Crippen molar-refractivity contribution in [2.45, 2.75) is 61.7 Å². The van der Waals surface area contributed by atoms with Crippen molar-refractivity contribution in [3.63, 3.8) is 0 Å². The van der Waals surface area contributed by atoms with Gasteiger partial charge >= 0.3 is 0 Å². The molecule has 0 saturated carbocycles. The minimum absolute atomic E-state index is 0.155. The van der Waals surface area contributed by atoms with Crippen LogP contribution in [0, 0.1) is 0 Å². The number of likely N-dealkylation sites (tertiary alicyclic amines) is 1. The predicted molar refractivity (Wildman–Crippen MR) is 151 cm³/mol. The Kier molecular flexibility index (Phi) is 8.90. The molecule has 2 atom stereocenters. The van der Waals surface area contributed by atoms with Crippen LogP contribution in [0.5, 0.6) is 11.5 Å².